The number of hydrogen-bond acceptors (Lipinski definition) is 6. The molecule has 1 amide bonds. The Kier molecular flexibility index (Phi) is 7.31. The summed E-state index contributed by atoms with van der Waals surface area (Å²) in [6, 6.07) is 14.1. The molecule has 1 aromatic heterocycles. The van der Waals surface area contributed by atoms with Crippen LogP contribution in [0.15, 0.2) is 57.7 Å². The SMILES string of the molecule is CCc1ccc2oc(C(=O)N(Cc3ccc(N(CC)CC)cc3)C3CCS(=O)(=O)C3)cc(=O)c2c1. The average Bonchev–Trinajstić information content (AvgIpc) is 3.22. The molecule has 0 N–H and O–H groups in total. The number of fused-ring (bicyclic) bond motifs is 1. The van der Waals surface area contributed by atoms with Crippen LogP contribution in [0.4, 0.5) is 5.69 Å². The Hall–Kier alpha value is -3.13. The Labute approximate surface area is 206 Å². The van der Waals surface area contributed by atoms with Gasteiger partial charge in [0.15, 0.2) is 21.0 Å². The lowest BCUT2D eigenvalue weighted by atomic mass is 10.1. The first kappa shape index (κ1) is 25.0. The topological polar surface area (TPSA) is 87.9 Å². The summed E-state index contributed by atoms with van der Waals surface area (Å²) in [4.78, 5) is 30.2. The summed E-state index contributed by atoms with van der Waals surface area (Å²) in [6.07, 6.45) is 1.15. The number of benzene rings is 2. The number of carbonyl (C=O) groups excluding carboxylic acids is 1. The van der Waals surface area contributed by atoms with Crippen molar-refractivity contribution < 1.29 is 17.6 Å². The molecule has 4 rings (SSSR count). The number of amides is 1. The van der Waals surface area contributed by atoms with E-state index >= 15 is 0 Å². The average molecular weight is 497 g/mol. The van der Waals surface area contributed by atoms with Crippen LogP contribution >= 0.6 is 0 Å². The van der Waals surface area contributed by atoms with Gasteiger partial charge in [-0.15, -0.1) is 0 Å². The maximum atomic E-state index is 13.6. The molecule has 1 unspecified atom stereocenters. The second-order valence-corrected chi connectivity index (χ2v) is 11.2. The zero-order valence-electron chi connectivity index (χ0n) is 20.5. The van der Waals surface area contributed by atoms with Gasteiger partial charge in [0.2, 0.25) is 0 Å². The number of carbonyl (C=O) groups is 1. The highest BCUT2D eigenvalue weighted by Gasteiger charge is 2.36. The summed E-state index contributed by atoms with van der Waals surface area (Å²) in [5.74, 6) is -0.591. The highest BCUT2D eigenvalue weighted by molar-refractivity contribution is 7.91. The van der Waals surface area contributed by atoms with Gasteiger partial charge in [0.05, 0.1) is 16.9 Å². The van der Waals surface area contributed by atoms with Gasteiger partial charge in [-0.3, -0.25) is 9.59 Å². The lowest BCUT2D eigenvalue weighted by molar-refractivity contribution is 0.0648. The monoisotopic (exact) mass is 496 g/mol. The number of anilines is 1. The third-order valence-corrected chi connectivity index (χ3v) is 8.49. The van der Waals surface area contributed by atoms with E-state index in [1.54, 1.807) is 17.0 Å². The minimum atomic E-state index is -3.22. The van der Waals surface area contributed by atoms with Gasteiger partial charge in [-0.05, 0) is 62.1 Å². The van der Waals surface area contributed by atoms with Gasteiger partial charge in [-0.1, -0.05) is 25.1 Å². The van der Waals surface area contributed by atoms with Gasteiger partial charge in [0.1, 0.15) is 5.58 Å². The predicted octanol–water partition coefficient (Wildman–Crippen LogP) is 4.03. The van der Waals surface area contributed by atoms with Crippen molar-refractivity contribution in [3.05, 3.63) is 75.6 Å². The van der Waals surface area contributed by atoms with Crippen LogP contribution < -0.4 is 10.3 Å². The van der Waals surface area contributed by atoms with E-state index in [9.17, 15) is 18.0 Å². The molecule has 35 heavy (non-hydrogen) atoms. The highest BCUT2D eigenvalue weighted by atomic mass is 32.2. The van der Waals surface area contributed by atoms with Gasteiger partial charge in [0.25, 0.3) is 5.91 Å². The summed E-state index contributed by atoms with van der Waals surface area (Å²) in [7, 11) is -3.22. The Bertz CT molecular complexity index is 1370. The first-order chi connectivity index (χ1) is 16.7. The molecule has 1 aliphatic heterocycles. The molecule has 0 radical (unpaired) electrons. The summed E-state index contributed by atoms with van der Waals surface area (Å²) < 4.78 is 30.3. The summed E-state index contributed by atoms with van der Waals surface area (Å²) in [6.45, 7) is 8.20. The number of aryl methyl sites for hydroxylation is 1. The Balaban J connectivity index is 1.68. The van der Waals surface area contributed by atoms with Crippen LogP contribution in [0.2, 0.25) is 0 Å². The Morgan fingerprint density at radius 1 is 1.00 bits per heavy atom. The fourth-order valence-corrected chi connectivity index (χ4v) is 6.39. The van der Waals surface area contributed by atoms with Crippen LogP contribution in [-0.2, 0) is 22.8 Å². The molecule has 186 valence electrons. The van der Waals surface area contributed by atoms with Gasteiger partial charge in [-0.25, -0.2) is 8.42 Å². The molecule has 1 saturated heterocycles. The molecule has 0 aliphatic carbocycles. The van der Waals surface area contributed by atoms with Gasteiger partial charge >= 0.3 is 0 Å². The minimum absolute atomic E-state index is 0.0454. The quantitative estimate of drug-likeness (QED) is 0.468. The van der Waals surface area contributed by atoms with E-state index in [1.807, 2.05) is 37.3 Å². The van der Waals surface area contributed by atoms with Crippen LogP contribution in [0.5, 0.6) is 0 Å². The van der Waals surface area contributed by atoms with Crippen molar-refractivity contribution in [2.45, 2.75) is 46.2 Å². The number of hydrogen-bond donors (Lipinski definition) is 0. The van der Waals surface area contributed by atoms with Crippen molar-refractivity contribution >= 4 is 32.4 Å². The maximum absolute atomic E-state index is 13.6. The van der Waals surface area contributed by atoms with Crippen molar-refractivity contribution in [1.82, 2.24) is 4.90 Å². The number of rotatable bonds is 8. The predicted molar refractivity (Wildman–Crippen MR) is 139 cm³/mol. The van der Waals surface area contributed by atoms with Gasteiger partial charge in [-0.2, -0.15) is 0 Å². The van der Waals surface area contributed by atoms with Crippen LogP contribution in [0.3, 0.4) is 0 Å². The summed E-state index contributed by atoms with van der Waals surface area (Å²) >= 11 is 0. The minimum Gasteiger partial charge on any atom is -0.451 e. The van der Waals surface area contributed by atoms with Gasteiger partial charge < -0.3 is 14.2 Å². The van der Waals surface area contributed by atoms with E-state index in [1.165, 1.54) is 6.07 Å². The number of sulfone groups is 1. The van der Waals surface area contributed by atoms with E-state index in [-0.39, 0.29) is 29.2 Å². The second-order valence-electron chi connectivity index (χ2n) is 8.99. The molecule has 3 aromatic rings. The maximum Gasteiger partial charge on any atom is 0.290 e. The van der Waals surface area contributed by atoms with E-state index in [0.717, 1.165) is 36.3 Å². The fourth-order valence-electron chi connectivity index (χ4n) is 4.66. The molecule has 0 bridgehead atoms. The van der Waals surface area contributed by atoms with Crippen LogP contribution in [0.1, 0.15) is 48.9 Å². The largest absolute Gasteiger partial charge is 0.451 e. The third kappa shape index (κ3) is 5.42. The van der Waals surface area contributed by atoms with Crippen molar-refractivity contribution in [2.75, 3.05) is 29.5 Å². The fraction of sp³-hybridized carbons (Fsp3) is 0.407. The lowest BCUT2D eigenvalue weighted by Crippen LogP contribution is -2.41. The normalized spacial score (nSPS) is 16.9. The molecule has 2 aromatic carbocycles. The first-order valence-electron chi connectivity index (χ1n) is 12.2. The molecular formula is C27H32N2O5S. The van der Waals surface area contributed by atoms with E-state index in [2.05, 4.69) is 18.7 Å². The van der Waals surface area contributed by atoms with Crippen LogP contribution in [0.25, 0.3) is 11.0 Å². The summed E-state index contributed by atoms with van der Waals surface area (Å²) in [5, 5.41) is 0.433. The van der Waals surface area contributed by atoms with Gasteiger partial charge in [0, 0.05) is 37.4 Å². The Morgan fingerprint density at radius 2 is 1.69 bits per heavy atom. The molecule has 0 saturated carbocycles. The smallest absolute Gasteiger partial charge is 0.290 e. The van der Waals surface area contributed by atoms with Crippen molar-refractivity contribution in [2.24, 2.45) is 0 Å². The molecule has 2 heterocycles. The Morgan fingerprint density at radius 3 is 2.29 bits per heavy atom. The summed E-state index contributed by atoms with van der Waals surface area (Å²) in [5.41, 5.74) is 3.05. The zero-order valence-corrected chi connectivity index (χ0v) is 21.3. The molecule has 1 aliphatic rings. The molecular weight excluding hydrogens is 464 g/mol. The third-order valence-electron chi connectivity index (χ3n) is 6.74. The van der Waals surface area contributed by atoms with E-state index in [0.29, 0.717) is 17.4 Å². The second kappa shape index (κ2) is 10.2. The van der Waals surface area contributed by atoms with Crippen molar-refractivity contribution in [3.8, 4) is 0 Å². The first-order valence-corrected chi connectivity index (χ1v) is 14.0. The standard InChI is InChI=1S/C27H32N2O5S/c1-4-19-9-12-25-23(15-19)24(30)16-26(34-25)27(31)29(22-13-14-35(32,33)18-22)17-20-7-10-21(11-8-20)28(5-2)6-3/h7-12,15-16,22H,4-6,13-14,17-18H2,1-3H3. The molecule has 1 fully saturated rings. The highest BCUT2D eigenvalue weighted by Crippen LogP contribution is 2.25. The molecule has 8 heteroatoms. The molecule has 1 atom stereocenters. The van der Waals surface area contributed by atoms with Crippen molar-refractivity contribution in [1.29, 1.82) is 0 Å². The molecule has 7 nitrogen and oxygen atoms in total. The van der Waals surface area contributed by atoms with Crippen LogP contribution in [-0.4, -0.2) is 49.9 Å². The zero-order chi connectivity index (χ0) is 25.2. The van der Waals surface area contributed by atoms with Crippen LogP contribution in [0, 0.1) is 0 Å². The van der Waals surface area contributed by atoms with E-state index < -0.39 is 21.8 Å². The molecule has 0 spiro atoms. The van der Waals surface area contributed by atoms with Crippen molar-refractivity contribution in [3.63, 3.8) is 0 Å². The van der Waals surface area contributed by atoms with E-state index in [4.69, 9.17) is 4.42 Å². The number of nitrogens with zero attached hydrogens (tertiary/aromatic N) is 2. The lowest BCUT2D eigenvalue weighted by Gasteiger charge is -2.28.